The van der Waals surface area contributed by atoms with E-state index >= 15 is 0 Å². The second-order valence-corrected chi connectivity index (χ2v) is 10.2. The fourth-order valence-corrected chi connectivity index (χ4v) is 6.55. The van der Waals surface area contributed by atoms with Gasteiger partial charge < -0.3 is 4.90 Å². The van der Waals surface area contributed by atoms with Crippen molar-refractivity contribution in [2.75, 3.05) is 10.7 Å². The lowest BCUT2D eigenvalue weighted by Crippen LogP contribution is -2.36. The van der Waals surface area contributed by atoms with Gasteiger partial charge in [-0.05, 0) is 49.6 Å². The molecule has 2 aromatic carbocycles. The van der Waals surface area contributed by atoms with Crippen molar-refractivity contribution < 1.29 is 4.79 Å². The summed E-state index contributed by atoms with van der Waals surface area (Å²) in [5.41, 5.74) is 5.36. The zero-order chi connectivity index (χ0) is 21.8. The summed E-state index contributed by atoms with van der Waals surface area (Å²) in [4.78, 5) is 30.0. The molecule has 7 heteroatoms. The molecule has 1 amide bonds. The molecule has 0 radical (unpaired) electrons. The molecule has 0 saturated heterocycles. The fraction of sp³-hybridized carbons (Fsp3) is 0.200. The van der Waals surface area contributed by atoms with E-state index in [2.05, 4.69) is 54.1 Å². The predicted octanol–water partition coefficient (Wildman–Crippen LogP) is 5.77. The SMILES string of the molecule is Cc1ccc2cc3c(nc2c1)sc1c(SCC(=O)N2c4ccccc4CC2C)ncnc13. The third-order valence-electron chi connectivity index (χ3n) is 5.97. The average molecular weight is 457 g/mol. The van der Waals surface area contributed by atoms with Crippen molar-refractivity contribution in [1.29, 1.82) is 0 Å². The summed E-state index contributed by atoms with van der Waals surface area (Å²) in [7, 11) is 0. The molecule has 0 spiro atoms. The van der Waals surface area contributed by atoms with Gasteiger partial charge >= 0.3 is 0 Å². The molecule has 5 aromatic rings. The van der Waals surface area contributed by atoms with Crippen LogP contribution in [0.4, 0.5) is 5.69 Å². The van der Waals surface area contributed by atoms with Crippen LogP contribution in [-0.2, 0) is 11.2 Å². The number of hydrogen-bond acceptors (Lipinski definition) is 6. The number of rotatable bonds is 3. The zero-order valence-electron chi connectivity index (χ0n) is 17.7. The number of carbonyl (C=O) groups is 1. The minimum atomic E-state index is 0.111. The molecule has 1 aliphatic heterocycles. The lowest BCUT2D eigenvalue weighted by atomic mass is 10.1. The third kappa shape index (κ3) is 3.15. The van der Waals surface area contributed by atoms with Crippen molar-refractivity contribution in [3.8, 4) is 0 Å². The van der Waals surface area contributed by atoms with E-state index in [1.807, 2.05) is 23.1 Å². The molecule has 5 nitrogen and oxygen atoms in total. The van der Waals surface area contributed by atoms with Crippen LogP contribution in [0.1, 0.15) is 18.1 Å². The van der Waals surface area contributed by atoms with Gasteiger partial charge in [0.05, 0.1) is 21.5 Å². The normalized spacial score (nSPS) is 15.7. The molecule has 6 rings (SSSR count). The lowest BCUT2D eigenvalue weighted by Gasteiger charge is -2.22. The van der Waals surface area contributed by atoms with E-state index in [0.717, 1.165) is 48.5 Å². The molecule has 1 atom stereocenters. The van der Waals surface area contributed by atoms with E-state index in [0.29, 0.717) is 5.75 Å². The highest BCUT2D eigenvalue weighted by molar-refractivity contribution is 8.00. The van der Waals surface area contributed by atoms with E-state index in [9.17, 15) is 4.79 Å². The Labute approximate surface area is 193 Å². The van der Waals surface area contributed by atoms with E-state index in [-0.39, 0.29) is 11.9 Å². The first-order valence-corrected chi connectivity index (χ1v) is 12.4. The summed E-state index contributed by atoms with van der Waals surface area (Å²) in [6.45, 7) is 4.18. The highest BCUT2D eigenvalue weighted by Crippen LogP contribution is 2.38. The number of carbonyl (C=O) groups excluding carboxylic acids is 1. The molecule has 0 aliphatic carbocycles. The number of para-hydroxylation sites is 1. The van der Waals surface area contributed by atoms with Crippen molar-refractivity contribution in [2.45, 2.75) is 31.3 Å². The average Bonchev–Trinajstić information content (AvgIpc) is 3.32. The van der Waals surface area contributed by atoms with Gasteiger partial charge in [0.15, 0.2) is 0 Å². The number of fused-ring (bicyclic) bond motifs is 5. The van der Waals surface area contributed by atoms with Gasteiger partial charge in [0.1, 0.15) is 16.2 Å². The maximum atomic E-state index is 13.1. The van der Waals surface area contributed by atoms with Crippen LogP contribution in [0.3, 0.4) is 0 Å². The highest BCUT2D eigenvalue weighted by Gasteiger charge is 2.30. The van der Waals surface area contributed by atoms with Gasteiger partial charge in [-0.1, -0.05) is 42.1 Å². The molecule has 1 aliphatic rings. The van der Waals surface area contributed by atoms with Crippen LogP contribution in [0.25, 0.3) is 31.3 Å². The van der Waals surface area contributed by atoms with Gasteiger partial charge in [-0.25, -0.2) is 15.0 Å². The van der Waals surface area contributed by atoms with E-state index in [1.165, 1.54) is 22.9 Å². The first-order valence-electron chi connectivity index (χ1n) is 10.6. The Hall–Kier alpha value is -3.03. The Kier molecular flexibility index (Phi) is 4.62. The molecule has 1 unspecified atom stereocenters. The van der Waals surface area contributed by atoms with Crippen LogP contribution < -0.4 is 4.90 Å². The summed E-state index contributed by atoms with van der Waals surface area (Å²) < 4.78 is 0.995. The highest BCUT2D eigenvalue weighted by atomic mass is 32.2. The molecule has 32 heavy (non-hydrogen) atoms. The van der Waals surface area contributed by atoms with Crippen LogP contribution in [0.15, 0.2) is 59.9 Å². The molecule has 0 fully saturated rings. The van der Waals surface area contributed by atoms with E-state index in [1.54, 1.807) is 17.7 Å². The summed E-state index contributed by atoms with van der Waals surface area (Å²) in [5.74, 6) is 0.452. The van der Waals surface area contributed by atoms with Crippen LogP contribution in [0.2, 0.25) is 0 Å². The minimum Gasteiger partial charge on any atom is -0.308 e. The number of thiophene rings is 1. The second kappa shape index (κ2) is 7.53. The quantitative estimate of drug-likeness (QED) is 0.255. The minimum absolute atomic E-state index is 0.111. The Bertz CT molecular complexity index is 1530. The number of thioether (sulfide) groups is 1. The summed E-state index contributed by atoms with van der Waals surface area (Å²) >= 11 is 3.08. The Balaban J connectivity index is 1.34. The number of nitrogens with zero attached hydrogens (tertiary/aromatic N) is 4. The monoisotopic (exact) mass is 456 g/mol. The number of pyridine rings is 1. The van der Waals surface area contributed by atoms with Crippen LogP contribution in [0, 0.1) is 6.92 Å². The molecular formula is C25H20N4OS2. The molecule has 0 N–H and O–H groups in total. The van der Waals surface area contributed by atoms with Crippen molar-refractivity contribution in [3.63, 3.8) is 0 Å². The second-order valence-electron chi connectivity index (χ2n) is 8.23. The molecule has 0 saturated carbocycles. The number of amides is 1. The van der Waals surface area contributed by atoms with Gasteiger partial charge in [-0.15, -0.1) is 11.3 Å². The number of anilines is 1. The first kappa shape index (κ1) is 19.6. The Morgan fingerprint density at radius 1 is 1.19 bits per heavy atom. The van der Waals surface area contributed by atoms with Gasteiger partial charge in [0, 0.05) is 22.5 Å². The maximum Gasteiger partial charge on any atom is 0.237 e. The van der Waals surface area contributed by atoms with Crippen molar-refractivity contribution >= 4 is 66.0 Å². The maximum absolute atomic E-state index is 13.1. The van der Waals surface area contributed by atoms with Gasteiger partial charge in [-0.2, -0.15) is 0 Å². The van der Waals surface area contributed by atoms with Crippen LogP contribution >= 0.6 is 23.1 Å². The van der Waals surface area contributed by atoms with Crippen molar-refractivity contribution in [2.24, 2.45) is 0 Å². The summed E-state index contributed by atoms with van der Waals surface area (Å²) in [5, 5.41) is 2.98. The van der Waals surface area contributed by atoms with E-state index in [4.69, 9.17) is 4.98 Å². The number of aryl methyl sites for hydroxylation is 1. The molecule has 0 bridgehead atoms. The first-order chi connectivity index (χ1) is 15.6. The predicted molar refractivity (Wildman–Crippen MR) is 133 cm³/mol. The van der Waals surface area contributed by atoms with Crippen molar-refractivity contribution in [1.82, 2.24) is 15.0 Å². The lowest BCUT2D eigenvalue weighted by molar-refractivity contribution is -0.116. The fourth-order valence-electron chi connectivity index (χ4n) is 4.49. The number of hydrogen-bond donors (Lipinski definition) is 0. The van der Waals surface area contributed by atoms with Gasteiger partial charge in [0.2, 0.25) is 5.91 Å². The third-order valence-corrected chi connectivity index (χ3v) is 8.17. The Morgan fingerprint density at radius 2 is 2.06 bits per heavy atom. The van der Waals surface area contributed by atoms with Crippen LogP contribution in [0.5, 0.6) is 0 Å². The zero-order valence-corrected chi connectivity index (χ0v) is 19.3. The largest absolute Gasteiger partial charge is 0.308 e. The molecule has 3 aromatic heterocycles. The smallest absolute Gasteiger partial charge is 0.237 e. The van der Waals surface area contributed by atoms with Gasteiger partial charge in [0.25, 0.3) is 0 Å². The number of benzene rings is 2. The Morgan fingerprint density at radius 3 is 2.97 bits per heavy atom. The van der Waals surface area contributed by atoms with Crippen molar-refractivity contribution in [3.05, 3.63) is 66.0 Å². The summed E-state index contributed by atoms with van der Waals surface area (Å²) in [6, 6.07) is 16.8. The van der Waals surface area contributed by atoms with E-state index < -0.39 is 0 Å². The molecular weight excluding hydrogens is 436 g/mol. The number of aromatic nitrogens is 3. The van der Waals surface area contributed by atoms with Crippen LogP contribution in [-0.4, -0.2) is 32.7 Å². The molecule has 4 heterocycles. The molecule has 158 valence electrons. The topological polar surface area (TPSA) is 59.0 Å². The van der Waals surface area contributed by atoms with Gasteiger partial charge in [-0.3, -0.25) is 4.79 Å². The standard InChI is InChI=1S/C25H20N4OS2/c1-14-7-8-16-11-18-22-23(32-24(18)28-19(16)9-14)25(27-13-26-22)31-12-21(30)29-15(2)10-17-5-3-4-6-20(17)29/h3-9,11,13,15H,10,12H2,1-2H3. The summed E-state index contributed by atoms with van der Waals surface area (Å²) in [6.07, 6.45) is 2.49.